The second kappa shape index (κ2) is 8.07. The molecule has 0 saturated carbocycles. The van der Waals surface area contributed by atoms with Crippen LogP contribution in [0.5, 0.6) is 0 Å². The van der Waals surface area contributed by atoms with Crippen molar-refractivity contribution in [2.45, 2.75) is 12.6 Å². The van der Waals surface area contributed by atoms with Crippen molar-refractivity contribution in [1.29, 1.82) is 0 Å². The van der Waals surface area contributed by atoms with Crippen LogP contribution < -0.4 is 5.32 Å². The minimum Gasteiger partial charge on any atom is -0.385 e. The van der Waals surface area contributed by atoms with Gasteiger partial charge in [0.2, 0.25) is 0 Å². The van der Waals surface area contributed by atoms with Crippen molar-refractivity contribution in [3.05, 3.63) is 59.8 Å². The number of hydrogen-bond donors (Lipinski definition) is 1. The summed E-state index contributed by atoms with van der Waals surface area (Å²) in [6, 6.07) is 10.2. The predicted octanol–water partition coefficient (Wildman–Crippen LogP) is 4.30. The molecule has 4 rings (SSSR count). The second-order valence-electron chi connectivity index (χ2n) is 7.25. The minimum absolute atomic E-state index is 0.197. The number of alkyl halides is 3. The third-order valence-electron chi connectivity index (χ3n) is 5.07. The van der Waals surface area contributed by atoms with Gasteiger partial charge in [0.1, 0.15) is 0 Å². The van der Waals surface area contributed by atoms with Gasteiger partial charge in [-0.2, -0.15) is 18.3 Å². The van der Waals surface area contributed by atoms with Crippen molar-refractivity contribution in [2.24, 2.45) is 7.05 Å². The van der Waals surface area contributed by atoms with Crippen LogP contribution in [0.2, 0.25) is 0 Å². The number of halogens is 3. The molecule has 0 aliphatic rings. The van der Waals surface area contributed by atoms with Crippen LogP contribution in [0.25, 0.3) is 27.6 Å². The van der Waals surface area contributed by atoms with Crippen LogP contribution >= 0.6 is 0 Å². The maximum atomic E-state index is 13.0. The lowest BCUT2D eigenvalue weighted by Crippen LogP contribution is -2.25. The summed E-state index contributed by atoms with van der Waals surface area (Å²) in [4.78, 5) is 12.5. The number of fused-ring (bicyclic) bond motifs is 3. The summed E-state index contributed by atoms with van der Waals surface area (Å²) >= 11 is 0. The summed E-state index contributed by atoms with van der Waals surface area (Å²) in [5.74, 6) is -0.197. The van der Waals surface area contributed by atoms with Gasteiger partial charge in [0.25, 0.3) is 5.91 Å². The summed E-state index contributed by atoms with van der Waals surface area (Å²) in [6.07, 6.45) is -1.86. The Bertz CT molecular complexity index is 1240. The first kappa shape index (κ1) is 20.9. The SMILES string of the molecule is COCCCNC(=O)c1ccc2c(c1)c1cn(C)nc1n2-c1ccc(C(F)(F)F)cc1. The molecule has 162 valence electrons. The Labute approximate surface area is 176 Å². The molecule has 0 atom stereocenters. The number of methoxy groups -OCH3 is 1. The van der Waals surface area contributed by atoms with Crippen LogP contribution in [0, 0.1) is 0 Å². The third-order valence-corrected chi connectivity index (χ3v) is 5.07. The largest absolute Gasteiger partial charge is 0.416 e. The van der Waals surface area contributed by atoms with Crippen LogP contribution in [-0.2, 0) is 18.0 Å². The standard InChI is InChI=1S/C22H21F3N4O2/c1-28-13-18-17-12-14(21(30)26-10-3-11-31-2)4-9-19(17)29(20(18)27-28)16-7-5-15(6-8-16)22(23,24)25/h4-9,12-13H,3,10-11H2,1-2H3,(H,26,30). The fourth-order valence-corrected chi connectivity index (χ4v) is 3.62. The predicted molar refractivity (Wildman–Crippen MR) is 111 cm³/mol. The lowest BCUT2D eigenvalue weighted by Gasteiger charge is -2.10. The topological polar surface area (TPSA) is 61.1 Å². The Balaban J connectivity index is 1.76. The van der Waals surface area contributed by atoms with E-state index in [9.17, 15) is 18.0 Å². The molecule has 1 amide bonds. The van der Waals surface area contributed by atoms with Crippen LogP contribution in [0.15, 0.2) is 48.7 Å². The molecule has 0 aliphatic heterocycles. The van der Waals surface area contributed by atoms with E-state index in [0.29, 0.717) is 36.5 Å². The Morgan fingerprint density at radius 2 is 1.87 bits per heavy atom. The molecule has 1 N–H and O–H groups in total. The van der Waals surface area contributed by atoms with Crippen LogP contribution in [-0.4, -0.2) is 40.5 Å². The molecule has 0 spiro atoms. The smallest absolute Gasteiger partial charge is 0.385 e. The van der Waals surface area contributed by atoms with E-state index in [4.69, 9.17) is 4.74 Å². The Hall–Kier alpha value is -3.33. The molecule has 0 unspecified atom stereocenters. The Morgan fingerprint density at radius 3 is 2.55 bits per heavy atom. The zero-order valence-electron chi connectivity index (χ0n) is 17.0. The average Bonchev–Trinajstić information content (AvgIpc) is 3.25. The average molecular weight is 430 g/mol. The molecule has 0 bridgehead atoms. The number of nitrogens with one attached hydrogen (secondary N) is 1. The number of carbonyl (C=O) groups excluding carboxylic acids is 1. The number of amides is 1. The van der Waals surface area contributed by atoms with Gasteiger partial charge in [0.05, 0.1) is 11.1 Å². The van der Waals surface area contributed by atoms with E-state index in [0.717, 1.165) is 28.4 Å². The highest BCUT2D eigenvalue weighted by Gasteiger charge is 2.30. The van der Waals surface area contributed by atoms with E-state index in [1.165, 1.54) is 12.1 Å². The normalized spacial score (nSPS) is 12.0. The highest BCUT2D eigenvalue weighted by atomic mass is 19.4. The zero-order valence-corrected chi connectivity index (χ0v) is 17.0. The number of hydrogen-bond acceptors (Lipinski definition) is 3. The van der Waals surface area contributed by atoms with E-state index in [1.54, 1.807) is 41.6 Å². The van der Waals surface area contributed by atoms with Crippen LogP contribution in [0.4, 0.5) is 13.2 Å². The lowest BCUT2D eigenvalue weighted by molar-refractivity contribution is -0.137. The number of aromatic nitrogens is 3. The van der Waals surface area contributed by atoms with Gasteiger partial charge >= 0.3 is 6.18 Å². The van der Waals surface area contributed by atoms with E-state index in [2.05, 4.69) is 10.4 Å². The zero-order chi connectivity index (χ0) is 22.2. The van der Waals surface area contributed by atoms with Gasteiger partial charge in [0, 0.05) is 55.5 Å². The van der Waals surface area contributed by atoms with Crippen molar-refractivity contribution in [2.75, 3.05) is 20.3 Å². The van der Waals surface area contributed by atoms with Gasteiger partial charge in [-0.1, -0.05) is 0 Å². The van der Waals surface area contributed by atoms with E-state index >= 15 is 0 Å². The molecule has 31 heavy (non-hydrogen) atoms. The number of ether oxygens (including phenoxy) is 1. The van der Waals surface area contributed by atoms with Crippen molar-refractivity contribution in [3.8, 4) is 5.69 Å². The Morgan fingerprint density at radius 1 is 1.13 bits per heavy atom. The number of nitrogens with zero attached hydrogens (tertiary/aromatic N) is 3. The molecule has 0 radical (unpaired) electrons. The molecule has 0 aliphatic carbocycles. The molecule has 9 heteroatoms. The number of carbonyl (C=O) groups is 1. The lowest BCUT2D eigenvalue weighted by atomic mass is 10.1. The highest BCUT2D eigenvalue weighted by molar-refractivity contribution is 6.10. The second-order valence-corrected chi connectivity index (χ2v) is 7.25. The van der Waals surface area contributed by atoms with E-state index < -0.39 is 11.7 Å². The Kier molecular flexibility index (Phi) is 5.45. The minimum atomic E-state index is -4.40. The quantitative estimate of drug-likeness (QED) is 0.464. The first-order valence-corrected chi connectivity index (χ1v) is 9.72. The maximum Gasteiger partial charge on any atom is 0.416 e. The van der Waals surface area contributed by atoms with Gasteiger partial charge in [0.15, 0.2) is 5.65 Å². The first-order chi connectivity index (χ1) is 14.8. The fraction of sp³-hybridized carbons (Fsp3) is 0.273. The highest BCUT2D eigenvalue weighted by Crippen LogP contribution is 2.34. The monoisotopic (exact) mass is 430 g/mol. The molecule has 6 nitrogen and oxygen atoms in total. The fourth-order valence-electron chi connectivity index (χ4n) is 3.62. The van der Waals surface area contributed by atoms with Crippen molar-refractivity contribution in [1.82, 2.24) is 19.7 Å². The molecule has 4 aromatic rings. The molecule has 0 saturated heterocycles. The summed E-state index contributed by atoms with van der Waals surface area (Å²) in [5.41, 5.74) is 1.71. The van der Waals surface area contributed by atoms with Gasteiger partial charge in [-0.3, -0.25) is 14.0 Å². The van der Waals surface area contributed by atoms with Crippen LogP contribution in [0.1, 0.15) is 22.3 Å². The number of aryl methyl sites for hydroxylation is 1. The van der Waals surface area contributed by atoms with E-state index in [1.807, 2.05) is 6.20 Å². The van der Waals surface area contributed by atoms with Gasteiger partial charge < -0.3 is 10.1 Å². The third kappa shape index (κ3) is 4.00. The number of rotatable bonds is 6. The summed E-state index contributed by atoms with van der Waals surface area (Å²) in [7, 11) is 3.38. The van der Waals surface area contributed by atoms with Crippen LogP contribution in [0.3, 0.4) is 0 Å². The maximum absolute atomic E-state index is 13.0. The molecular weight excluding hydrogens is 409 g/mol. The number of benzene rings is 2. The molecule has 2 heterocycles. The van der Waals surface area contributed by atoms with Gasteiger partial charge in [-0.15, -0.1) is 0 Å². The summed E-state index contributed by atoms with van der Waals surface area (Å²) in [5, 5.41) is 8.95. The molecule has 2 aromatic heterocycles. The van der Waals surface area contributed by atoms with E-state index in [-0.39, 0.29) is 5.91 Å². The molecule has 2 aromatic carbocycles. The summed E-state index contributed by atoms with van der Waals surface area (Å²) < 4.78 is 47.3. The van der Waals surface area contributed by atoms with Gasteiger partial charge in [-0.05, 0) is 48.9 Å². The van der Waals surface area contributed by atoms with Crippen molar-refractivity contribution >= 4 is 27.8 Å². The summed E-state index contributed by atoms with van der Waals surface area (Å²) in [6.45, 7) is 1.06. The van der Waals surface area contributed by atoms with Gasteiger partial charge in [-0.25, -0.2) is 0 Å². The molecule has 0 fully saturated rings. The first-order valence-electron chi connectivity index (χ1n) is 9.72. The molecular formula is C22H21F3N4O2. The van der Waals surface area contributed by atoms with Crippen molar-refractivity contribution in [3.63, 3.8) is 0 Å². The van der Waals surface area contributed by atoms with Crippen molar-refractivity contribution < 1.29 is 22.7 Å².